The van der Waals surface area contributed by atoms with Gasteiger partial charge in [-0.05, 0) is 65.6 Å². The molecule has 0 saturated carbocycles. The fourth-order valence-electron chi connectivity index (χ4n) is 3.85. The van der Waals surface area contributed by atoms with E-state index in [2.05, 4.69) is 4.72 Å². The molecular weight excluding hydrogens is 488 g/mol. The maximum atomic E-state index is 12.8. The van der Waals surface area contributed by atoms with Crippen molar-refractivity contribution in [2.24, 2.45) is 0 Å². The lowest BCUT2D eigenvalue weighted by atomic mass is 9.98. The fourth-order valence-corrected chi connectivity index (χ4v) is 5.17. The molecule has 3 aromatic rings. The highest BCUT2D eigenvalue weighted by Crippen LogP contribution is 2.33. The molecule has 7 nitrogen and oxygen atoms in total. The molecule has 182 valence electrons. The number of halogens is 1. The SMILES string of the molecule is COc1cc2c(cc1OC)CN(C(=O)C=Cc1ccc(S(=O)(=O)Nc3ccccc3Cl)cc1)CC2. The highest BCUT2D eigenvalue weighted by Gasteiger charge is 2.22. The molecule has 0 bridgehead atoms. The molecule has 0 aromatic heterocycles. The number of hydrogen-bond donors (Lipinski definition) is 1. The second-order valence-corrected chi connectivity index (χ2v) is 10.1. The number of amides is 1. The third-order valence-electron chi connectivity index (χ3n) is 5.76. The number of anilines is 1. The van der Waals surface area contributed by atoms with Gasteiger partial charge in [-0.1, -0.05) is 35.9 Å². The molecule has 4 rings (SSSR count). The zero-order valence-electron chi connectivity index (χ0n) is 19.3. The topological polar surface area (TPSA) is 84.9 Å². The molecule has 1 N–H and O–H groups in total. The zero-order valence-corrected chi connectivity index (χ0v) is 20.9. The number of hydrogen-bond acceptors (Lipinski definition) is 5. The van der Waals surface area contributed by atoms with Crippen LogP contribution in [0.3, 0.4) is 0 Å². The first kappa shape index (κ1) is 24.6. The lowest BCUT2D eigenvalue weighted by Gasteiger charge is -2.28. The smallest absolute Gasteiger partial charge is 0.261 e. The van der Waals surface area contributed by atoms with E-state index in [0.717, 1.165) is 17.5 Å². The van der Waals surface area contributed by atoms with Crippen molar-refractivity contribution in [1.29, 1.82) is 0 Å². The van der Waals surface area contributed by atoms with Crippen LogP contribution in [0, 0.1) is 0 Å². The van der Waals surface area contributed by atoms with Crippen LogP contribution in [0.1, 0.15) is 16.7 Å². The van der Waals surface area contributed by atoms with E-state index >= 15 is 0 Å². The summed E-state index contributed by atoms with van der Waals surface area (Å²) < 4.78 is 38.5. The van der Waals surface area contributed by atoms with E-state index in [9.17, 15) is 13.2 Å². The summed E-state index contributed by atoms with van der Waals surface area (Å²) in [6.07, 6.45) is 3.89. The molecule has 1 amide bonds. The first-order valence-corrected chi connectivity index (χ1v) is 12.7. The minimum absolute atomic E-state index is 0.0953. The Kier molecular flexibility index (Phi) is 7.33. The summed E-state index contributed by atoms with van der Waals surface area (Å²) in [7, 11) is -0.605. The van der Waals surface area contributed by atoms with Crippen LogP contribution in [0.2, 0.25) is 5.02 Å². The van der Waals surface area contributed by atoms with Crippen molar-refractivity contribution in [3.63, 3.8) is 0 Å². The largest absolute Gasteiger partial charge is 0.493 e. The number of fused-ring (bicyclic) bond motifs is 1. The second-order valence-electron chi connectivity index (χ2n) is 7.97. The molecule has 0 radical (unpaired) electrons. The highest BCUT2D eigenvalue weighted by atomic mass is 35.5. The number of para-hydroxylation sites is 1. The van der Waals surface area contributed by atoms with Gasteiger partial charge in [0.15, 0.2) is 11.5 Å². The van der Waals surface area contributed by atoms with Gasteiger partial charge >= 0.3 is 0 Å². The van der Waals surface area contributed by atoms with Crippen molar-refractivity contribution >= 4 is 39.3 Å². The average molecular weight is 513 g/mol. The normalized spacial score (nSPS) is 13.4. The zero-order chi connectivity index (χ0) is 25.0. The van der Waals surface area contributed by atoms with E-state index < -0.39 is 10.0 Å². The Bertz CT molecular complexity index is 1370. The molecule has 0 saturated heterocycles. The number of methoxy groups -OCH3 is 2. The van der Waals surface area contributed by atoms with Gasteiger partial charge in [-0.2, -0.15) is 0 Å². The average Bonchev–Trinajstić information content (AvgIpc) is 2.87. The molecule has 3 aromatic carbocycles. The number of ether oxygens (including phenoxy) is 2. The van der Waals surface area contributed by atoms with Crippen LogP contribution >= 0.6 is 11.6 Å². The molecule has 0 unspecified atom stereocenters. The Hall–Kier alpha value is -3.49. The van der Waals surface area contributed by atoms with Crippen LogP contribution in [0.4, 0.5) is 5.69 Å². The summed E-state index contributed by atoms with van der Waals surface area (Å²) in [5.74, 6) is 1.19. The van der Waals surface area contributed by atoms with Crippen LogP contribution in [0.25, 0.3) is 6.08 Å². The van der Waals surface area contributed by atoms with Gasteiger partial charge in [-0.3, -0.25) is 9.52 Å². The molecule has 0 spiro atoms. The first-order valence-electron chi connectivity index (χ1n) is 10.9. The van der Waals surface area contributed by atoms with Crippen LogP contribution < -0.4 is 14.2 Å². The molecule has 35 heavy (non-hydrogen) atoms. The van der Waals surface area contributed by atoms with Crippen LogP contribution in [0.5, 0.6) is 11.5 Å². The number of benzene rings is 3. The Morgan fingerprint density at radius 2 is 1.66 bits per heavy atom. The van der Waals surface area contributed by atoms with Gasteiger partial charge in [-0.15, -0.1) is 0 Å². The first-order chi connectivity index (χ1) is 16.8. The predicted octanol–water partition coefficient (Wildman–Crippen LogP) is 4.76. The van der Waals surface area contributed by atoms with E-state index in [4.69, 9.17) is 21.1 Å². The summed E-state index contributed by atoms with van der Waals surface area (Å²) in [5, 5.41) is 0.312. The van der Waals surface area contributed by atoms with Gasteiger partial charge < -0.3 is 14.4 Å². The van der Waals surface area contributed by atoms with Crippen molar-refractivity contribution in [3.8, 4) is 11.5 Å². The third-order valence-corrected chi connectivity index (χ3v) is 7.47. The molecule has 9 heteroatoms. The third kappa shape index (κ3) is 5.61. The molecule has 1 heterocycles. The van der Waals surface area contributed by atoms with Gasteiger partial charge in [0, 0.05) is 19.2 Å². The Balaban J connectivity index is 1.42. The Morgan fingerprint density at radius 1 is 1.00 bits per heavy atom. The van der Waals surface area contributed by atoms with Gasteiger partial charge in [0.05, 0.1) is 29.8 Å². The van der Waals surface area contributed by atoms with Crippen molar-refractivity contribution in [2.75, 3.05) is 25.5 Å². The molecule has 1 aliphatic heterocycles. The van der Waals surface area contributed by atoms with Crippen LogP contribution in [0.15, 0.2) is 71.6 Å². The van der Waals surface area contributed by atoms with Gasteiger partial charge in [-0.25, -0.2) is 8.42 Å². The van der Waals surface area contributed by atoms with Crippen LogP contribution in [-0.2, 0) is 27.8 Å². The van der Waals surface area contributed by atoms with E-state index in [1.807, 2.05) is 12.1 Å². The number of sulfonamides is 1. The number of carbonyl (C=O) groups excluding carboxylic acids is 1. The lowest BCUT2D eigenvalue weighted by Crippen LogP contribution is -2.34. The molecular formula is C26H25ClN2O5S. The molecule has 0 aliphatic carbocycles. The minimum atomic E-state index is -3.79. The second kappa shape index (κ2) is 10.4. The van der Waals surface area contributed by atoms with Crippen molar-refractivity contribution < 1.29 is 22.7 Å². The minimum Gasteiger partial charge on any atom is -0.493 e. The molecule has 1 aliphatic rings. The standard InChI is InChI=1S/C26H25ClN2O5S/c1-33-24-15-19-13-14-29(17-20(19)16-25(24)34-2)26(30)12-9-18-7-10-21(11-8-18)35(31,32)28-23-6-4-3-5-22(23)27/h3-12,15-16,28H,13-14,17H2,1-2H3. The maximum Gasteiger partial charge on any atom is 0.261 e. The Labute approximate surface area is 210 Å². The monoisotopic (exact) mass is 512 g/mol. The maximum absolute atomic E-state index is 12.8. The van der Waals surface area contributed by atoms with Crippen molar-refractivity contribution in [1.82, 2.24) is 4.90 Å². The van der Waals surface area contributed by atoms with E-state index in [1.165, 1.54) is 18.2 Å². The highest BCUT2D eigenvalue weighted by molar-refractivity contribution is 7.92. The van der Waals surface area contributed by atoms with Gasteiger partial charge in [0.1, 0.15) is 0 Å². The van der Waals surface area contributed by atoms with E-state index in [1.54, 1.807) is 61.6 Å². The number of nitrogens with zero attached hydrogens (tertiary/aromatic N) is 1. The number of rotatable bonds is 7. The summed E-state index contributed by atoms with van der Waals surface area (Å²) in [4.78, 5) is 14.6. The van der Waals surface area contributed by atoms with Crippen molar-refractivity contribution in [3.05, 3.63) is 88.5 Å². The lowest BCUT2D eigenvalue weighted by molar-refractivity contribution is -0.126. The van der Waals surface area contributed by atoms with Gasteiger partial charge in [0.25, 0.3) is 10.0 Å². The quantitative estimate of drug-likeness (QED) is 0.461. The number of nitrogens with one attached hydrogen (secondary N) is 1. The fraction of sp³-hybridized carbons (Fsp3) is 0.192. The molecule has 0 fully saturated rings. The summed E-state index contributed by atoms with van der Waals surface area (Å²) >= 11 is 6.05. The van der Waals surface area contributed by atoms with E-state index in [0.29, 0.717) is 40.9 Å². The van der Waals surface area contributed by atoms with E-state index in [-0.39, 0.29) is 10.8 Å². The predicted molar refractivity (Wildman–Crippen MR) is 136 cm³/mol. The summed E-state index contributed by atoms with van der Waals surface area (Å²) in [6.45, 7) is 1.07. The van der Waals surface area contributed by atoms with Crippen molar-refractivity contribution in [2.45, 2.75) is 17.9 Å². The van der Waals surface area contributed by atoms with Crippen LogP contribution in [-0.4, -0.2) is 40.0 Å². The van der Waals surface area contributed by atoms with Gasteiger partial charge in [0.2, 0.25) is 5.91 Å². The molecule has 0 atom stereocenters. The summed E-state index contributed by atoms with van der Waals surface area (Å²) in [6, 6.07) is 16.8. The summed E-state index contributed by atoms with van der Waals surface area (Å²) in [5.41, 5.74) is 3.18. The number of carbonyl (C=O) groups is 1. The Morgan fingerprint density at radius 3 is 2.31 bits per heavy atom.